The van der Waals surface area contributed by atoms with Gasteiger partial charge < -0.3 is 47.2 Å². The number of hydrogen-bond acceptors (Lipinski definition) is 15. The summed E-state index contributed by atoms with van der Waals surface area (Å²) in [7, 11) is 3.16. The van der Waals surface area contributed by atoms with Crippen molar-refractivity contribution in [2.75, 3.05) is 51.1 Å². The molecule has 15 nitrogen and oxygen atoms in total. The van der Waals surface area contributed by atoms with Crippen molar-refractivity contribution in [3.8, 4) is 40.6 Å². The summed E-state index contributed by atoms with van der Waals surface area (Å²) in [4.78, 5) is 20.0. The molecule has 5 rings (SSSR count). The van der Waals surface area contributed by atoms with E-state index in [1.54, 1.807) is 19.2 Å². The first-order chi connectivity index (χ1) is 24.4. The molecule has 0 spiro atoms. The maximum absolute atomic E-state index is 9.21. The number of rotatable bonds is 10. The average Bonchev–Trinajstić information content (AvgIpc) is 3.65. The quantitative estimate of drug-likeness (QED) is 0.111. The Labute approximate surface area is 310 Å². The van der Waals surface area contributed by atoms with Crippen molar-refractivity contribution in [2.45, 2.75) is 60.3 Å². The van der Waals surface area contributed by atoms with Gasteiger partial charge in [0.05, 0.1) is 44.3 Å². The predicted molar refractivity (Wildman–Crippen MR) is 207 cm³/mol. The number of nitrogens with zero attached hydrogens (tertiary/aromatic N) is 6. The number of aliphatic imine (C=N–C) groups is 1. The van der Waals surface area contributed by atoms with Crippen LogP contribution in [0, 0.1) is 11.3 Å². The Morgan fingerprint density at radius 1 is 0.827 bits per heavy atom. The van der Waals surface area contributed by atoms with Gasteiger partial charge in [0, 0.05) is 23.7 Å². The van der Waals surface area contributed by atoms with E-state index in [-0.39, 0.29) is 47.9 Å². The van der Waals surface area contributed by atoms with Gasteiger partial charge in [-0.2, -0.15) is 15.2 Å². The van der Waals surface area contributed by atoms with Crippen molar-refractivity contribution in [2.24, 2.45) is 10.7 Å². The van der Waals surface area contributed by atoms with Gasteiger partial charge >= 0.3 is 0 Å². The molecule has 0 fully saturated rings. The lowest BCUT2D eigenvalue weighted by atomic mass is 9.99. The zero-order valence-corrected chi connectivity index (χ0v) is 30.7. The van der Waals surface area contributed by atoms with Gasteiger partial charge in [0.2, 0.25) is 11.9 Å². The van der Waals surface area contributed by atoms with Crippen molar-refractivity contribution in [1.29, 1.82) is 5.26 Å². The van der Waals surface area contributed by atoms with Gasteiger partial charge in [-0.1, -0.05) is 53.6 Å². The summed E-state index contributed by atoms with van der Waals surface area (Å²) < 4.78 is 22.6. The molecule has 52 heavy (non-hydrogen) atoms. The van der Waals surface area contributed by atoms with E-state index < -0.39 is 0 Å². The number of nitrogens with one attached hydrogen (secondary N) is 1. The van der Waals surface area contributed by atoms with Gasteiger partial charge in [0.1, 0.15) is 34.9 Å². The number of nitrogens with two attached hydrogens (primary N) is 4. The molecular weight excluding hydrogens is 686 g/mol. The van der Waals surface area contributed by atoms with Crippen LogP contribution in [-0.2, 0) is 0 Å². The molecule has 0 aliphatic carbocycles. The van der Waals surface area contributed by atoms with Gasteiger partial charge in [-0.25, -0.2) is 9.97 Å². The van der Waals surface area contributed by atoms with Crippen molar-refractivity contribution in [3.63, 3.8) is 0 Å². The number of anilines is 3. The van der Waals surface area contributed by atoms with Crippen LogP contribution in [0.25, 0.3) is 0 Å². The van der Waals surface area contributed by atoms with Crippen molar-refractivity contribution in [1.82, 2.24) is 25.3 Å². The minimum Gasteiger partial charge on any atom is -0.496 e. The lowest BCUT2D eigenvalue weighted by Crippen LogP contribution is -2.20. The summed E-state index contributed by atoms with van der Waals surface area (Å²) in [6.07, 6.45) is 3.96. The SMILES string of the molecule is C.CCCN.COc1cc(C(C)C)c(Oc2cnc(N)nc2Cl)cc1C#N.COc1cc(C(C)C)c(Oc2cnc(N)nc2N)cc1C1=NCCN1. The molecule has 1 aliphatic rings. The second kappa shape index (κ2) is 20.3. The van der Waals surface area contributed by atoms with E-state index in [4.69, 9.17) is 53.5 Å². The fourth-order valence-electron chi connectivity index (χ4n) is 4.56. The first-order valence-corrected chi connectivity index (χ1v) is 16.6. The third-order valence-corrected chi connectivity index (χ3v) is 7.49. The summed E-state index contributed by atoms with van der Waals surface area (Å²) in [6.45, 7) is 12.6. The summed E-state index contributed by atoms with van der Waals surface area (Å²) in [5.41, 5.74) is 25.0. The van der Waals surface area contributed by atoms with Crippen LogP contribution in [0.15, 0.2) is 41.7 Å². The maximum Gasteiger partial charge on any atom is 0.222 e. The van der Waals surface area contributed by atoms with E-state index in [0.717, 1.165) is 54.3 Å². The summed E-state index contributed by atoms with van der Waals surface area (Å²) >= 11 is 6.00. The minimum atomic E-state index is 0. The van der Waals surface area contributed by atoms with Gasteiger partial charge in [0.15, 0.2) is 22.5 Å². The lowest BCUT2D eigenvalue weighted by molar-refractivity contribution is 0.409. The molecule has 0 atom stereocenters. The average molecular weight is 736 g/mol. The molecule has 2 aromatic heterocycles. The molecule has 16 heteroatoms. The first kappa shape index (κ1) is 42.6. The Balaban J connectivity index is 0.000000323. The Morgan fingerprint density at radius 2 is 1.37 bits per heavy atom. The maximum atomic E-state index is 9.21. The fraction of sp³-hybridized carbons (Fsp3) is 0.389. The Morgan fingerprint density at radius 3 is 1.85 bits per heavy atom. The molecule has 0 unspecified atom stereocenters. The monoisotopic (exact) mass is 735 g/mol. The van der Waals surface area contributed by atoms with Crippen molar-refractivity contribution >= 4 is 35.2 Å². The van der Waals surface area contributed by atoms with Crippen LogP contribution >= 0.6 is 11.6 Å². The zero-order valence-electron chi connectivity index (χ0n) is 30.0. The molecule has 2 aromatic carbocycles. The number of methoxy groups -OCH3 is 2. The number of benzene rings is 2. The normalized spacial score (nSPS) is 11.5. The Kier molecular flexibility index (Phi) is 16.6. The second-order valence-electron chi connectivity index (χ2n) is 11.6. The molecule has 3 heterocycles. The number of hydrogen-bond donors (Lipinski definition) is 5. The Hall–Kier alpha value is -5.59. The van der Waals surface area contributed by atoms with Gasteiger partial charge in [-0.3, -0.25) is 4.99 Å². The van der Waals surface area contributed by atoms with Crippen LogP contribution < -0.4 is 47.2 Å². The molecule has 9 N–H and O–H groups in total. The summed E-state index contributed by atoms with van der Waals surface area (Å²) in [6, 6.07) is 9.34. The van der Waals surface area contributed by atoms with Crippen LogP contribution in [0.2, 0.25) is 5.15 Å². The van der Waals surface area contributed by atoms with Crippen LogP contribution in [0.4, 0.5) is 17.7 Å². The van der Waals surface area contributed by atoms with Crippen LogP contribution in [-0.4, -0.2) is 59.6 Å². The highest BCUT2D eigenvalue weighted by atomic mass is 35.5. The van der Waals surface area contributed by atoms with E-state index >= 15 is 0 Å². The van der Waals surface area contributed by atoms with E-state index in [1.807, 2.05) is 26.0 Å². The number of aromatic nitrogens is 4. The van der Waals surface area contributed by atoms with E-state index in [0.29, 0.717) is 28.6 Å². The first-order valence-electron chi connectivity index (χ1n) is 16.2. The topological polar surface area (TPSA) is 241 Å². The number of nitrogen functional groups attached to an aromatic ring is 3. The Bertz CT molecular complexity index is 1860. The number of halogens is 1. The largest absolute Gasteiger partial charge is 0.496 e. The predicted octanol–water partition coefficient (Wildman–Crippen LogP) is 6.41. The lowest BCUT2D eigenvalue weighted by Gasteiger charge is -2.18. The summed E-state index contributed by atoms with van der Waals surface area (Å²) in [5.74, 6) is 4.55. The van der Waals surface area contributed by atoms with Crippen molar-refractivity contribution < 1.29 is 18.9 Å². The van der Waals surface area contributed by atoms with Gasteiger partial charge in [-0.15, -0.1) is 0 Å². The van der Waals surface area contributed by atoms with Crippen LogP contribution in [0.1, 0.15) is 82.6 Å². The molecule has 0 saturated heterocycles. The molecular formula is C36H50ClN11O4. The van der Waals surface area contributed by atoms with Crippen molar-refractivity contribution in [3.05, 3.63) is 64.1 Å². The number of ether oxygens (including phenoxy) is 4. The fourth-order valence-corrected chi connectivity index (χ4v) is 4.74. The third-order valence-electron chi connectivity index (χ3n) is 7.22. The highest BCUT2D eigenvalue weighted by molar-refractivity contribution is 6.30. The molecule has 4 aromatic rings. The molecule has 0 saturated carbocycles. The number of amidine groups is 1. The molecule has 0 radical (unpaired) electrons. The molecule has 0 bridgehead atoms. The number of nitriles is 1. The van der Waals surface area contributed by atoms with Gasteiger partial charge in [0.25, 0.3) is 0 Å². The molecule has 1 aliphatic heterocycles. The standard InChI is InChI=1S/C17H22N6O2.C15H15ClN4O2.C3H9N.CH4/c1-9(2)10-6-12(24-3)11(16-20-4-5-21-16)7-13(10)25-14-8-22-17(19)23-15(14)18;1-8(2)10-5-11(21-3)9(6-17)4-12(10)22-13-7-19-15(18)20-14(13)16;1-2-3-4;/h6-9H,4-5H2,1-3H3,(H,20,21)(H4,18,19,22,23);4-5,7-8H,1-3H3,(H2,18,19,20);2-4H2,1H3;1H4. The second-order valence-corrected chi connectivity index (χ2v) is 12.0. The third kappa shape index (κ3) is 11.2. The van der Waals surface area contributed by atoms with Crippen LogP contribution in [0.5, 0.6) is 34.5 Å². The van der Waals surface area contributed by atoms with Crippen LogP contribution in [0.3, 0.4) is 0 Å². The van der Waals surface area contributed by atoms with E-state index in [2.05, 4.69) is 57.1 Å². The molecule has 280 valence electrons. The van der Waals surface area contributed by atoms with E-state index in [9.17, 15) is 5.26 Å². The highest BCUT2D eigenvalue weighted by Gasteiger charge is 2.21. The zero-order chi connectivity index (χ0) is 37.7. The highest BCUT2D eigenvalue weighted by Crippen LogP contribution is 2.39. The smallest absolute Gasteiger partial charge is 0.222 e. The molecule has 0 amide bonds. The van der Waals surface area contributed by atoms with Gasteiger partial charge in [-0.05, 0) is 43.0 Å². The van der Waals surface area contributed by atoms with E-state index in [1.165, 1.54) is 19.5 Å². The summed E-state index contributed by atoms with van der Waals surface area (Å²) in [5, 5.41) is 12.6. The minimum absolute atomic E-state index is 0.